The number of nitrogens with one attached hydrogen (secondary N) is 2. The third kappa shape index (κ3) is 9.19. The van der Waals surface area contributed by atoms with Crippen LogP contribution in [0.2, 0.25) is 0 Å². The van der Waals surface area contributed by atoms with Crippen LogP contribution in [0, 0.1) is 0 Å². The summed E-state index contributed by atoms with van der Waals surface area (Å²) in [6.45, 7) is 1.45. The van der Waals surface area contributed by atoms with Crippen LogP contribution in [0.3, 0.4) is 0 Å². The van der Waals surface area contributed by atoms with Crippen molar-refractivity contribution in [2.75, 3.05) is 32.7 Å². The molecule has 0 spiro atoms. The van der Waals surface area contributed by atoms with Gasteiger partial charge in [-0.15, -0.1) is 11.3 Å². The average Bonchev–Trinajstić information content (AvgIpc) is 3.62. The predicted molar refractivity (Wildman–Crippen MR) is 142 cm³/mol. The highest BCUT2D eigenvalue weighted by Crippen LogP contribution is 2.27. The molecular formula is C27H32F3N5O3S. The van der Waals surface area contributed by atoms with Crippen LogP contribution in [0.5, 0.6) is 0 Å². The van der Waals surface area contributed by atoms with Crippen LogP contribution in [0.25, 0.3) is 10.6 Å². The summed E-state index contributed by atoms with van der Waals surface area (Å²) < 4.78 is 44.3. The first-order valence-electron chi connectivity index (χ1n) is 12.9. The minimum absolute atomic E-state index is 0.0801. The molecule has 1 atom stereocenters. The van der Waals surface area contributed by atoms with E-state index in [1.165, 1.54) is 0 Å². The molecule has 3 aromatic rings. The zero-order valence-electron chi connectivity index (χ0n) is 21.5. The number of halogens is 3. The lowest BCUT2D eigenvalue weighted by atomic mass is 10.1. The molecule has 4 rings (SSSR count). The molecule has 4 heterocycles. The van der Waals surface area contributed by atoms with Gasteiger partial charge in [-0.1, -0.05) is 12.1 Å². The topological polar surface area (TPSA) is 90.7 Å². The van der Waals surface area contributed by atoms with E-state index >= 15 is 0 Å². The largest absolute Gasteiger partial charge is 0.459 e. The molecule has 0 saturated carbocycles. The number of aromatic nitrogens is 1. The SMILES string of the molecule is O=C(CCCCN1CCN(Cc2ccc(-c3cccs3)o2)CC1C(=O)NCC(F)(F)F)NCc1cccnc1. The molecule has 0 bridgehead atoms. The second-order valence-corrected chi connectivity index (χ2v) is 10.4. The molecule has 1 fully saturated rings. The number of unbranched alkanes of at least 4 members (excludes halogenated alkanes) is 1. The Morgan fingerprint density at radius 3 is 2.72 bits per heavy atom. The number of thiophene rings is 1. The third-order valence-corrected chi connectivity index (χ3v) is 7.34. The predicted octanol–water partition coefficient (Wildman–Crippen LogP) is 4.05. The smallest absolute Gasteiger partial charge is 0.405 e. The molecule has 1 aliphatic heterocycles. The molecular weight excluding hydrogens is 531 g/mol. The molecule has 8 nitrogen and oxygen atoms in total. The van der Waals surface area contributed by atoms with Crippen LogP contribution in [-0.4, -0.2) is 71.5 Å². The third-order valence-electron chi connectivity index (χ3n) is 6.46. The highest BCUT2D eigenvalue weighted by molar-refractivity contribution is 7.13. The monoisotopic (exact) mass is 563 g/mol. The number of carbonyl (C=O) groups excluding carboxylic acids is 2. The van der Waals surface area contributed by atoms with E-state index in [1.807, 2.05) is 50.8 Å². The van der Waals surface area contributed by atoms with Crippen molar-refractivity contribution in [3.8, 4) is 10.6 Å². The number of rotatable bonds is 12. The molecule has 0 radical (unpaired) electrons. The Bertz CT molecular complexity index is 1190. The van der Waals surface area contributed by atoms with Crippen LogP contribution < -0.4 is 10.6 Å². The first-order chi connectivity index (χ1) is 18.8. The van der Waals surface area contributed by atoms with Gasteiger partial charge in [-0.05, 0) is 54.6 Å². The maximum atomic E-state index is 12.8. The summed E-state index contributed by atoms with van der Waals surface area (Å²) in [5, 5.41) is 6.87. The number of carbonyl (C=O) groups is 2. The molecule has 2 amide bonds. The van der Waals surface area contributed by atoms with Gasteiger partial charge in [0.15, 0.2) is 0 Å². The number of pyridine rings is 1. The van der Waals surface area contributed by atoms with Crippen molar-refractivity contribution < 1.29 is 27.2 Å². The second kappa shape index (κ2) is 13.7. The van der Waals surface area contributed by atoms with Gasteiger partial charge in [-0.2, -0.15) is 13.2 Å². The fourth-order valence-corrected chi connectivity index (χ4v) is 5.16. The summed E-state index contributed by atoms with van der Waals surface area (Å²) in [5.41, 5.74) is 0.911. The molecule has 1 saturated heterocycles. The minimum Gasteiger partial charge on any atom is -0.459 e. The number of hydrogen-bond acceptors (Lipinski definition) is 7. The van der Waals surface area contributed by atoms with Crippen molar-refractivity contribution in [3.63, 3.8) is 0 Å². The van der Waals surface area contributed by atoms with Gasteiger partial charge in [-0.25, -0.2) is 0 Å². The summed E-state index contributed by atoms with van der Waals surface area (Å²) in [6.07, 6.45) is 0.458. The Kier molecular flexibility index (Phi) is 10.1. The molecule has 12 heteroatoms. The van der Waals surface area contributed by atoms with Gasteiger partial charge in [-0.3, -0.25) is 24.4 Å². The Balaban J connectivity index is 1.27. The second-order valence-electron chi connectivity index (χ2n) is 9.46. The zero-order valence-corrected chi connectivity index (χ0v) is 22.3. The fraction of sp³-hybridized carbons (Fsp3) is 0.444. The molecule has 0 aromatic carbocycles. The Morgan fingerprint density at radius 2 is 1.97 bits per heavy atom. The number of amides is 2. The minimum atomic E-state index is -4.48. The van der Waals surface area contributed by atoms with E-state index in [0.29, 0.717) is 52.0 Å². The number of nitrogens with zero attached hydrogens (tertiary/aromatic N) is 3. The van der Waals surface area contributed by atoms with E-state index in [9.17, 15) is 22.8 Å². The number of piperazine rings is 1. The van der Waals surface area contributed by atoms with Crippen molar-refractivity contribution in [2.24, 2.45) is 0 Å². The maximum absolute atomic E-state index is 12.8. The summed E-state index contributed by atoms with van der Waals surface area (Å²) in [7, 11) is 0. The van der Waals surface area contributed by atoms with Crippen LogP contribution in [0.1, 0.15) is 30.6 Å². The number of furan rings is 1. The highest BCUT2D eigenvalue weighted by atomic mass is 32.1. The Morgan fingerprint density at radius 1 is 1.10 bits per heavy atom. The normalized spacial score (nSPS) is 16.7. The van der Waals surface area contributed by atoms with Gasteiger partial charge in [0.1, 0.15) is 24.1 Å². The summed E-state index contributed by atoms with van der Waals surface area (Å²) in [6, 6.07) is 10.7. The molecule has 39 heavy (non-hydrogen) atoms. The molecule has 1 aliphatic rings. The highest BCUT2D eigenvalue weighted by Gasteiger charge is 2.35. The summed E-state index contributed by atoms with van der Waals surface area (Å²) in [4.78, 5) is 34.0. The van der Waals surface area contributed by atoms with Crippen molar-refractivity contribution >= 4 is 23.2 Å². The van der Waals surface area contributed by atoms with E-state index in [-0.39, 0.29) is 12.5 Å². The summed E-state index contributed by atoms with van der Waals surface area (Å²) in [5.74, 6) is 0.773. The quantitative estimate of drug-likeness (QED) is 0.323. The van der Waals surface area contributed by atoms with Crippen LogP contribution in [0.4, 0.5) is 13.2 Å². The Hall–Kier alpha value is -3.22. The zero-order chi connectivity index (χ0) is 27.7. The number of hydrogen-bond donors (Lipinski definition) is 2. The van der Waals surface area contributed by atoms with Crippen LogP contribution >= 0.6 is 11.3 Å². The van der Waals surface area contributed by atoms with E-state index in [0.717, 1.165) is 22.0 Å². The van der Waals surface area contributed by atoms with Crippen molar-refractivity contribution in [1.29, 1.82) is 0 Å². The van der Waals surface area contributed by atoms with E-state index in [4.69, 9.17) is 4.42 Å². The van der Waals surface area contributed by atoms with Crippen molar-refractivity contribution in [1.82, 2.24) is 25.4 Å². The average molecular weight is 564 g/mol. The van der Waals surface area contributed by atoms with Gasteiger partial charge in [0.2, 0.25) is 11.8 Å². The molecule has 1 unspecified atom stereocenters. The molecule has 3 aromatic heterocycles. The maximum Gasteiger partial charge on any atom is 0.405 e. The lowest BCUT2D eigenvalue weighted by Gasteiger charge is -2.40. The van der Waals surface area contributed by atoms with Crippen molar-refractivity contribution in [2.45, 2.75) is 44.6 Å². The first kappa shape index (κ1) is 28.8. The lowest BCUT2D eigenvalue weighted by molar-refractivity contribution is -0.143. The molecule has 210 valence electrons. The van der Waals surface area contributed by atoms with E-state index in [2.05, 4.69) is 10.3 Å². The van der Waals surface area contributed by atoms with Gasteiger partial charge >= 0.3 is 6.18 Å². The Labute approximate surface area is 229 Å². The van der Waals surface area contributed by atoms with Gasteiger partial charge in [0, 0.05) is 45.0 Å². The van der Waals surface area contributed by atoms with Crippen LogP contribution in [-0.2, 0) is 22.7 Å². The number of alkyl halides is 3. The van der Waals surface area contributed by atoms with Gasteiger partial charge < -0.3 is 15.1 Å². The lowest BCUT2D eigenvalue weighted by Crippen LogP contribution is -2.59. The summed E-state index contributed by atoms with van der Waals surface area (Å²) >= 11 is 1.57. The van der Waals surface area contributed by atoms with Crippen LogP contribution in [0.15, 0.2) is 58.6 Å². The first-order valence-corrected chi connectivity index (χ1v) is 13.7. The van der Waals surface area contributed by atoms with Crippen molar-refractivity contribution in [3.05, 3.63) is 65.5 Å². The fourth-order valence-electron chi connectivity index (χ4n) is 4.47. The standard InChI is InChI=1S/C27H32F3N5O3S/c28-27(29,30)19-33-26(37)22-18-34(17-21-8-9-23(38-21)24-6-4-14-39-24)12-13-35(22)11-2-1-7-25(36)32-16-20-5-3-10-31-15-20/h3-6,8-10,14-15,22H,1-2,7,11-13,16-19H2,(H,32,36)(H,33,37). The van der Waals surface area contributed by atoms with Gasteiger partial charge in [0.25, 0.3) is 0 Å². The molecule has 0 aliphatic carbocycles. The van der Waals surface area contributed by atoms with E-state index in [1.54, 1.807) is 29.8 Å². The van der Waals surface area contributed by atoms with Gasteiger partial charge in [0.05, 0.1) is 11.4 Å². The van der Waals surface area contributed by atoms with E-state index < -0.39 is 24.7 Å². The molecule has 2 N–H and O–H groups in total.